The Balaban J connectivity index is 1.78. The average molecular weight is 447 g/mol. The van der Waals surface area contributed by atoms with Gasteiger partial charge in [-0.3, -0.25) is 4.79 Å². The fourth-order valence-corrected chi connectivity index (χ4v) is 3.60. The normalized spacial score (nSPS) is 11.5. The van der Waals surface area contributed by atoms with Crippen LogP contribution in [0.25, 0.3) is 11.8 Å². The van der Waals surface area contributed by atoms with Crippen molar-refractivity contribution in [1.82, 2.24) is 14.5 Å². The fraction of sp³-hybridized carbons (Fsp3) is 0.0500. The Morgan fingerprint density at radius 3 is 2.52 bits per heavy atom. The number of methoxy groups -OCH3 is 1. The van der Waals surface area contributed by atoms with Crippen LogP contribution in [0.3, 0.4) is 0 Å². The van der Waals surface area contributed by atoms with Gasteiger partial charge in [-0.2, -0.15) is 5.10 Å². The van der Waals surface area contributed by atoms with E-state index < -0.39 is 44.0 Å². The largest absolute Gasteiger partial charge is 0.465 e. The first kappa shape index (κ1) is 21.8. The minimum atomic E-state index is -4.73. The minimum Gasteiger partial charge on any atom is -0.465 e. The summed E-state index contributed by atoms with van der Waals surface area (Å²) in [6.07, 6.45) is 5.27. The molecule has 0 spiro atoms. The van der Waals surface area contributed by atoms with Gasteiger partial charge in [-0.25, -0.2) is 31.4 Å². The van der Waals surface area contributed by atoms with Gasteiger partial charge in [-0.15, -0.1) is 0 Å². The monoisotopic (exact) mass is 447 g/mol. The Bertz CT molecular complexity index is 1270. The molecule has 0 saturated carbocycles. The number of nitrogens with zero attached hydrogens (tertiary/aromatic N) is 2. The number of rotatable bonds is 6. The highest BCUT2D eigenvalue weighted by atomic mass is 32.2. The van der Waals surface area contributed by atoms with Gasteiger partial charge in [0.2, 0.25) is 0 Å². The topological polar surface area (TPSA) is 107 Å². The second-order valence-corrected chi connectivity index (χ2v) is 7.73. The highest BCUT2D eigenvalue weighted by molar-refractivity contribution is 7.90. The lowest BCUT2D eigenvalue weighted by atomic mass is 10.2. The van der Waals surface area contributed by atoms with Crippen LogP contribution in [0.4, 0.5) is 8.78 Å². The highest BCUT2D eigenvalue weighted by Crippen LogP contribution is 2.22. The molecule has 3 rings (SSSR count). The maximum absolute atomic E-state index is 14.4. The van der Waals surface area contributed by atoms with Crippen molar-refractivity contribution in [3.8, 4) is 5.69 Å². The Kier molecular flexibility index (Phi) is 6.25. The first-order valence-corrected chi connectivity index (χ1v) is 10.1. The van der Waals surface area contributed by atoms with Crippen molar-refractivity contribution in [3.63, 3.8) is 0 Å². The fourth-order valence-electron chi connectivity index (χ4n) is 2.57. The molecular weight excluding hydrogens is 432 g/mol. The number of nitrogens with one attached hydrogen (secondary N) is 1. The van der Waals surface area contributed by atoms with Crippen LogP contribution in [0, 0.1) is 11.6 Å². The molecule has 1 N–H and O–H groups in total. The van der Waals surface area contributed by atoms with Gasteiger partial charge in [0.05, 0.1) is 19.0 Å². The maximum Gasteiger partial charge on any atom is 0.343 e. The molecule has 160 valence electrons. The number of benzene rings is 2. The summed E-state index contributed by atoms with van der Waals surface area (Å²) in [5.74, 6) is -5.45. The van der Waals surface area contributed by atoms with E-state index in [9.17, 15) is 26.8 Å². The summed E-state index contributed by atoms with van der Waals surface area (Å²) in [4.78, 5) is 22.5. The van der Waals surface area contributed by atoms with Gasteiger partial charge in [0, 0.05) is 17.8 Å². The molecule has 3 aromatic rings. The van der Waals surface area contributed by atoms with E-state index in [1.807, 2.05) is 30.3 Å². The van der Waals surface area contributed by atoms with Crippen LogP contribution < -0.4 is 4.72 Å². The van der Waals surface area contributed by atoms with Crippen molar-refractivity contribution in [3.05, 3.63) is 83.7 Å². The van der Waals surface area contributed by atoms with E-state index in [1.54, 1.807) is 15.6 Å². The molecule has 0 aliphatic rings. The zero-order valence-corrected chi connectivity index (χ0v) is 16.8. The van der Waals surface area contributed by atoms with Crippen molar-refractivity contribution >= 4 is 28.0 Å². The lowest BCUT2D eigenvalue weighted by Gasteiger charge is -2.09. The number of ether oxygens (including phenoxy) is 1. The third kappa shape index (κ3) is 4.83. The summed E-state index contributed by atoms with van der Waals surface area (Å²) in [6, 6.07) is 10.3. The highest BCUT2D eigenvalue weighted by Gasteiger charge is 2.28. The van der Waals surface area contributed by atoms with Crippen molar-refractivity contribution in [2.75, 3.05) is 7.11 Å². The number of sulfonamides is 1. The summed E-state index contributed by atoms with van der Waals surface area (Å²) in [5.41, 5.74) is 0.0985. The van der Waals surface area contributed by atoms with E-state index in [2.05, 4.69) is 9.84 Å². The van der Waals surface area contributed by atoms with Gasteiger partial charge < -0.3 is 4.74 Å². The van der Waals surface area contributed by atoms with Gasteiger partial charge in [-0.1, -0.05) is 18.2 Å². The zero-order valence-electron chi connectivity index (χ0n) is 16.0. The number of hydrogen-bond acceptors (Lipinski definition) is 6. The van der Waals surface area contributed by atoms with E-state index in [-0.39, 0.29) is 0 Å². The number of amides is 1. The van der Waals surface area contributed by atoms with Crippen molar-refractivity contribution in [2.45, 2.75) is 4.90 Å². The molecular formula is C20H15F2N3O5S. The van der Waals surface area contributed by atoms with Gasteiger partial charge in [0.1, 0.15) is 16.3 Å². The molecule has 1 aromatic heterocycles. The molecule has 0 fully saturated rings. The SMILES string of the molecule is COC(=O)c1c(F)ccc(S(=O)(=O)NC(=O)/C=C/c2cnn(-c3ccccc3)c2)c1F. The van der Waals surface area contributed by atoms with Gasteiger partial charge in [0.25, 0.3) is 15.9 Å². The molecule has 0 atom stereocenters. The Labute approximate surface area is 175 Å². The molecule has 0 unspecified atom stereocenters. The van der Waals surface area contributed by atoms with Crippen LogP contribution in [0.15, 0.2) is 65.8 Å². The molecule has 2 aromatic carbocycles. The third-order valence-electron chi connectivity index (χ3n) is 4.02. The summed E-state index contributed by atoms with van der Waals surface area (Å²) in [6.45, 7) is 0. The van der Waals surface area contributed by atoms with E-state index in [4.69, 9.17) is 0 Å². The molecule has 31 heavy (non-hydrogen) atoms. The van der Waals surface area contributed by atoms with Gasteiger partial charge >= 0.3 is 5.97 Å². The Morgan fingerprint density at radius 1 is 1.13 bits per heavy atom. The van der Waals surface area contributed by atoms with Gasteiger partial charge in [-0.05, 0) is 30.3 Å². The molecule has 11 heteroatoms. The van der Waals surface area contributed by atoms with Gasteiger partial charge in [0.15, 0.2) is 5.82 Å². The van der Waals surface area contributed by atoms with E-state index in [1.165, 1.54) is 12.3 Å². The molecule has 0 saturated heterocycles. The zero-order chi connectivity index (χ0) is 22.6. The lowest BCUT2D eigenvalue weighted by Crippen LogP contribution is -2.30. The molecule has 0 aliphatic carbocycles. The number of esters is 1. The Morgan fingerprint density at radius 2 is 1.84 bits per heavy atom. The molecule has 1 amide bonds. The van der Waals surface area contributed by atoms with Crippen molar-refractivity contribution in [2.24, 2.45) is 0 Å². The molecule has 0 bridgehead atoms. The van der Waals surface area contributed by atoms with Crippen LogP contribution in [-0.4, -0.2) is 37.2 Å². The second-order valence-electron chi connectivity index (χ2n) is 6.08. The van der Waals surface area contributed by atoms with Crippen LogP contribution in [-0.2, 0) is 19.6 Å². The third-order valence-corrected chi connectivity index (χ3v) is 5.38. The smallest absolute Gasteiger partial charge is 0.343 e. The number of carbonyl (C=O) groups excluding carboxylic acids is 2. The first-order valence-electron chi connectivity index (χ1n) is 8.64. The summed E-state index contributed by atoms with van der Waals surface area (Å²) < 4.78 is 60.3. The standard InChI is InChI=1S/C20H15F2N3O5S/c1-30-20(27)18-15(21)8-9-16(19(18)22)31(28,29)24-17(26)10-7-13-11-23-25(12-13)14-5-3-2-4-6-14/h2-12H,1H3,(H,24,26)/b10-7+. The van der Waals surface area contributed by atoms with E-state index in [0.29, 0.717) is 17.7 Å². The maximum atomic E-state index is 14.4. The average Bonchev–Trinajstić information content (AvgIpc) is 3.21. The van der Waals surface area contributed by atoms with Crippen molar-refractivity contribution < 1.29 is 31.5 Å². The van der Waals surface area contributed by atoms with E-state index in [0.717, 1.165) is 18.9 Å². The number of hydrogen-bond donors (Lipinski definition) is 1. The number of aromatic nitrogens is 2. The predicted octanol–water partition coefficient (Wildman–Crippen LogP) is 2.46. The van der Waals surface area contributed by atoms with Crippen molar-refractivity contribution in [1.29, 1.82) is 0 Å². The quantitative estimate of drug-likeness (QED) is 0.460. The minimum absolute atomic E-state index is 0.498. The van der Waals surface area contributed by atoms with Crippen LogP contribution in [0.1, 0.15) is 15.9 Å². The number of para-hydroxylation sites is 1. The second kappa shape index (κ2) is 8.88. The molecule has 1 heterocycles. The summed E-state index contributed by atoms with van der Waals surface area (Å²) in [7, 11) is -3.85. The van der Waals surface area contributed by atoms with Crippen LogP contribution in [0.5, 0.6) is 0 Å². The Hall–Kier alpha value is -3.86. The predicted molar refractivity (Wildman–Crippen MR) is 106 cm³/mol. The summed E-state index contributed by atoms with van der Waals surface area (Å²) in [5, 5.41) is 4.13. The molecule has 0 radical (unpaired) electrons. The molecule has 0 aliphatic heterocycles. The van der Waals surface area contributed by atoms with E-state index >= 15 is 0 Å². The first-order chi connectivity index (χ1) is 14.7. The lowest BCUT2D eigenvalue weighted by molar-refractivity contribution is -0.114. The number of carbonyl (C=O) groups is 2. The van der Waals surface area contributed by atoms with Crippen LogP contribution in [0.2, 0.25) is 0 Å². The number of halogens is 2. The molecule has 8 nitrogen and oxygen atoms in total. The van der Waals surface area contributed by atoms with Crippen LogP contribution >= 0.6 is 0 Å². The summed E-state index contributed by atoms with van der Waals surface area (Å²) >= 11 is 0.